The van der Waals surface area contributed by atoms with E-state index in [-0.39, 0.29) is 43.0 Å². The zero-order valence-corrected chi connectivity index (χ0v) is 51.4. The van der Waals surface area contributed by atoms with Crippen LogP contribution in [0.4, 0.5) is 57.0 Å². The minimum atomic E-state index is -4.66. The van der Waals surface area contributed by atoms with Crippen molar-refractivity contribution in [3.05, 3.63) is 178 Å². The summed E-state index contributed by atoms with van der Waals surface area (Å²) in [4.78, 5) is 22.9. The molecule has 0 fully saturated rings. The van der Waals surface area contributed by atoms with Gasteiger partial charge < -0.3 is 30.7 Å². The fraction of sp³-hybridized carbons (Fsp3) is 0.308. The van der Waals surface area contributed by atoms with Crippen molar-refractivity contribution in [2.24, 2.45) is 5.73 Å². The quantitative estimate of drug-likeness (QED) is 0.0219. The smallest absolute Gasteiger partial charge is 0.365 e. The molecule has 32 heteroatoms. The third kappa shape index (κ3) is 27.7. The highest BCUT2D eigenvalue weighted by atomic mass is 35.5. The summed E-state index contributed by atoms with van der Waals surface area (Å²) in [5.41, 5.74) is 6.58. The van der Waals surface area contributed by atoms with Crippen molar-refractivity contribution in [1.29, 1.82) is 0 Å². The monoisotopic (exact) mass is 1320 g/mol. The van der Waals surface area contributed by atoms with Crippen molar-refractivity contribution in [3.8, 4) is 0 Å². The maximum atomic E-state index is 13.6. The van der Waals surface area contributed by atoms with Crippen molar-refractivity contribution in [1.82, 2.24) is 35.2 Å². The lowest BCUT2D eigenvalue weighted by Gasteiger charge is -2.17. The van der Waals surface area contributed by atoms with Gasteiger partial charge in [-0.1, -0.05) is 60.1 Å². The van der Waals surface area contributed by atoms with Crippen LogP contribution in [0, 0.1) is 0 Å². The molecule has 3 unspecified atom stereocenters. The molecule has 0 amide bonds. The van der Waals surface area contributed by atoms with Crippen LogP contribution in [-0.2, 0) is 90.3 Å². The Bertz CT molecular complexity index is 3230. The first kappa shape index (κ1) is 74.6. The van der Waals surface area contributed by atoms with Crippen molar-refractivity contribution in [3.63, 3.8) is 0 Å². The van der Waals surface area contributed by atoms with E-state index in [0.29, 0.717) is 40.6 Å². The van der Waals surface area contributed by atoms with Gasteiger partial charge in [0.25, 0.3) is 0 Å². The molecule has 3 aromatic heterocycles. The molecule has 7 rings (SSSR count). The number of anilines is 3. The lowest BCUT2D eigenvalue weighted by atomic mass is 10.2. The van der Waals surface area contributed by atoms with E-state index in [1.54, 1.807) is 74.9 Å². The Hall–Kier alpha value is -5.52. The van der Waals surface area contributed by atoms with Crippen LogP contribution in [0.15, 0.2) is 143 Å². The lowest BCUT2D eigenvalue weighted by molar-refractivity contribution is -0.138. The molecule has 0 spiro atoms. The van der Waals surface area contributed by atoms with E-state index in [1.807, 2.05) is 55.6 Å². The normalized spacial score (nSPS) is 12.3. The maximum absolute atomic E-state index is 13.6. The Labute approximate surface area is 502 Å². The van der Waals surface area contributed by atoms with Gasteiger partial charge in [0.05, 0.1) is 24.9 Å². The van der Waals surface area contributed by atoms with Gasteiger partial charge in [-0.25, -0.2) is 24.9 Å². The predicted octanol–water partition coefficient (Wildman–Crippen LogP) is 13.5. The van der Waals surface area contributed by atoms with Crippen LogP contribution >= 0.6 is 42.4 Å². The Morgan fingerprint density at radius 3 is 1.49 bits per heavy atom. The average Bonchev–Trinajstić information content (AvgIpc) is 3.22. The first-order valence-electron chi connectivity index (χ1n) is 24.0. The van der Waals surface area contributed by atoms with Gasteiger partial charge in [0.1, 0.15) is 28.4 Å². The molecular formula is C52H59Cl3F9N10O6PS3. The predicted molar refractivity (Wildman–Crippen MR) is 311 cm³/mol. The van der Waals surface area contributed by atoms with Gasteiger partial charge in [-0.3, -0.25) is 17.2 Å². The molecule has 460 valence electrons. The van der Waals surface area contributed by atoms with E-state index >= 15 is 0 Å². The number of nitrogens with two attached hydrogens (primary N) is 1. The number of benzene rings is 4. The van der Waals surface area contributed by atoms with E-state index in [1.165, 1.54) is 18.2 Å². The van der Waals surface area contributed by atoms with Gasteiger partial charge in [0, 0.05) is 122 Å². The summed E-state index contributed by atoms with van der Waals surface area (Å²) in [6.45, 7) is 5.34. The van der Waals surface area contributed by atoms with Gasteiger partial charge in [0.2, 0.25) is 11.2 Å². The van der Waals surface area contributed by atoms with Gasteiger partial charge in [-0.2, -0.15) is 44.5 Å². The zero-order valence-electron chi connectivity index (χ0n) is 45.8. The molecular weight excluding hydrogens is 1270 g/mol. The fourth-order valence-corrected chi connectivity index (χ4v) is 10.1. The molecule has 3 atom stereocenters. The molecule has 84 heavy (non-hydrogen) atoms. The first-order valence-corrected chi connectivity index (χ1v) is 31.9. The van der Waals surface area contributed by atoms with E-state index in [0.717, 1.165) is 40.6 Å². The molecule has 3 heterocycles. The summed E-state index contributed by atoms with van der Waals surface area (Å²) in [6.07, 6.45) is -3.33. The number of halogens is 12. The molecule has 0 saturated heterocycles. The number of hydrogen-bond donors (Lipinski definition) is 4. The lowest BCUT2D eigenvalue weighted by Crippen LogP contribution is -2.14. The van der Waals surface area contributed by atoms with Crippen molar-refractivity contribution < 1.29 is 65.8 Å². The molecule has 5 N–H and O–H groups in total. The Kier molecular flexibility index (Phi) is 33.0. The van der Waals surface area contributed by atoms with E-state index in [2.05, 4.69) is 57.5 Å². The van der Waals surface area contributed by atoms with Crippen LogP contribution in [0.25, 0.3) is 0 Å². The SMILES string of the molecule is CCOP(=O)(Cc1ccc(Nc2ncc(C(F)(F)F)c(NCc3cccc(S(C)=O)c3)n2)cc1)OCC.CCl.CNCc1cccc(S(C)=O)c1.CS(=O)c1cccc(CN)c1.FC(F)(F)c1cnc(Cl)nc1Cl.FC(F)(F)c1cncnc1. The van der Waals surface area contributed by atoms with Gasteiger partial charge in [-0.05, 0) is 103 Å². The third-order valence-electron chi connectivity index (χ3n) is 10.0. The molecule has 0 aliphatic rings. The van der Waals surface area contributed by atoms with Crippen molar-refractivity contribution in [2.45, 2.75) is 72.9 Å². The van der Waals surface area contributed by atoms with Crippen LogP contribution < -0.4 is 21.7 Å². The van der Waals surface area contributed by atoms with Crippen LogP contribution in [0.1, 0.15) is 52.8 Å². The Morgan fingerprint density at radius 2 is 1.07 bits per heavy atom. The number of hydrogen-bond acceptors (Lipinski definition) is 16. The van der Waals surface area contributed by atoms with E-state index < -0.39 is 80.4 Å². The van der Waals surface area contributed by atoms with Crippen LogP contribution in [0.5, 0.6) is 0 Å². The minimum Gasteiger partial charge on any atom is -0.365 e. The number of nitrogens with one attached hydrogen (secondary N) is 3. The Morgan fingerprint density at radius 1 is 0.607 bits per heavy atom. The summed E-state index contributed by atoms with van der Waals surface area (Å²) in [6, 6.07) is 28.8. The Balaban J connectivity index is 0.000000414. The molecule has 0 bridgehead atoms. The minimum absolute atomic E-state index is 0.0407. The average molecular weight is 1320 g/mol. The zero-order chi connectivity index (χ0) is 63.3. The maximum Gasteiger partial charge on any atom is 0.421 e. The largest absolute Gasteiger partial charge is 0.421 e. The van der Waals surface area contributed by atoms with Crippen molar-refractivity contribution >= 4 is 92.3 Å². The molecule has 4 aromatic carbocycles. The van der Waals surface area contributed by atoms with E-state index in [4.69, 9.17) is 38.0 Å². The molecule has 0 radical (unpaired) electrons. The van der Waals surface area contributed by atoms with Crippen LogP contribution in [0.3, 0.4) is 0 Å². The number of rotatable bonds is 17. The summed E-state index contributed by atoms with van der Waals surface area (Å²) < 4.78 is 169. The highest BCUT2D eigenvalue weighted by molar-refractivity contribution is 7.84. The standard InChI is InChI=1S/C24H28F3N4O4PS.C9H13NOS.C8H11NOS.C5HCl2F3N2.C5H3F3N2.CH3Cl/c1-4-34-36(32,35-5-2)16-17-9-11-19(12-10-17)30-23-29-15-21(24(25,26)27)22(31-23)28-14-18-7-6-8-20(13-18)37(3)33;1-10-7-8-4-3-5-9(6-8)12(2)11;1-11(10)8-4-2-3-7(5-8)6-9;6-3-2(5(8,9)10)1-11-4(7)12-3;6-5(7,8)4-1-9-3-10-2-4;1-2/h6-13,15H,4-5,14,16H2,1-3H3,(H2,28,29,30,31);3-6,10H,7H2,1-2H3;2-5H,6,9H2,1H3;1H;1-3H;1H3. The van der Waals surface area contributed by atoms with Gasteiger partial charge in [0.15, 0.2) is 0 Å². The number of aromatic nitrogens is 6. The highest BCUT2D eigenvalue weighted by Crippen LogP contribution is 2.51. The third-order valence-corrected chi connectivity index (χ3v) is 15.3. The molecule has 16 nitrogen and oxygen atoms in total. The summed E-state index contributed by atoms with van der Waals surface area (Å²) >= 11 is 15.0. The van der Waals surface area contributed by atoms with Gasteiger partial charge in [-0.15, -0.1) is 11.6 Å². The topological polar surface area (TPSA) is 226 Å². The molecule has 0 aliphatic carbocycles. The summed E-state index contributed by atoms with van der Waals surface area (Å²) in [5.74, 6) is -0.431. The van der Waals surface area contributed by atoms with Crippen LogP contribution in [0.2, 0.25) is 10.4 Å². The second-order valence-corrected chi connectivity index (χ2v) is 23.1. The second-order valence-electron chi connectivity index (χ2n) is 16.2. The number of alkyl halides is 10. The van der Waals surface area contributed by atoms with Crippen molar-refractivity contribution in [2.75, 3.05) is 56.0 Å². The summed E-state index contributed by atoms with van der Waals surface area (Å²) in [7, 11) is -4.35. The fourth-order valence-electron chi connectivity index (χ4n) is 6.24. The highest BCUT2D eigenvalue weighted by Gasteiger charge is 2.36. The molecule has 0 saturated carbocycles. The first-order chi connectivity index (χ1) is 39.5. The van der Waals surface area contributed by atoms with Crippen LogP contribution in [-0.4, -0.2) is 87.9 Å². The number of nitrogens with zero attached hydrogens (tertiary/aromatic N) is 6. The summed E-state index contributed by atoms with van der Waals surface area (Å²) in [5, 5.41) is 7.65. The van der Waals surface area contributed by atoms with E-state index in [9.17, 15) is 56.7 Å². The molecule has 7 aromatic rings. The van der Waals surface area contributed by atoms with Gasteiger partial charge >= 0.3 is 26.1 Å². The second kappa shape index (κ2) is 37.1. The molecule has 0 aliphatic heterocycles.